The summed E-state index contributed by atoms with van der Waals surface area (Å²) < 4.78 is 60.4. The molecule has 0 aromatic heterocycles. The fourth-order valence-corrected chi connectivity index (χ4v) is 3.08. The van der Waals surface area contributed by atoms with Gasteiger partial charge in [0.2, 0.25) is 0 Å². The quantitative estimate of drug-likeness (QED) is 0.929. The third-order valence-corrected chi connectivity index (χ3v) is 5.02. The molecule has 1 saturated heterocycles. The molecule has 0 amide bonds. The molecule has 118 valence electrons. The lowest BCUT2D eigenvalue weighted by molar-refractivity contribution is -0.0435. The van der Waals surface area contributed by atoms with E-state index in [-0.39, 0.29) is 6.04 Å². The Morgan fingerprint density at radius 1 is 1.24 bits per heavy atom. The second-order valence-corrected chi connectivity index (χ2v) is 7.14. The van der Waals surface area contributed by atoms with Gasteiger partial charge in [0.15, 0.2) is 0 Å². The lowest BCUT2D eigenvalue weighted by Crippen LogP contribution is -2.36. The van der Waals surface area contributed by atoms with E-state index < -0.39 is 20.2 Å². The molecule has 0 unspecified atom stereocenters. The summed E-state index contributed by atoms with van der Waals surface area (Å²) >= 11 is 0. The predicted molar refractivity (Wildman–Crippen MR) is 73.8 cm³/mol. The van der Waals surface area contributed by atoms with E-state index in [4.69, 9.17) is 0 Å². The van der Waals surface area contributed by atoms with E-state index in [2.05, 4.69) is 10.2 Å². The van der Waals surface area contributed by atoms with Gasteiger partial charge in [-0.05, 0) is 51.2 Å². The molecule has 1 heterocycles. The van der Waals surface area contributed by atoms with Gasteiger partial charge < -0.3 is 10.2 Å². The Bertz CT molecular complexity index is 594. The minimum absolute atomic E-state index is 0.144. The first kappa shape index (κ1) is 16.1. The van der Waals surface area contributed by atoms with E-state index in [1.54, 1.807) is 6.07 Å². The maximum atomic E-state index is 12.5. The van der Waals surface area contributed by atoms with Gasteiger partial charge >= 0.3 is 5.51 Å². The lowest BCUT2D eigenvalue weighted by atomic mass is 10.1. The molecule has 0 radical (unpaired) electrons. The SMILES string of the molecule is CN1CCC(Nc2cccc(S(=O)(=O)C(F)(F)F)c2)CC1. The van der Waals surface area contributed by atoms with Crippen molar-refractivity contribution in [3.63, 3.8) is 0 Å². The Morgan fingerprint density at radius 2 is 1.86 bits per heavy atom. The Labute approximate surface area is 121 Å². The summed E-state index contributed by atoms with van der Waals surface area (Å²) in [4.78, 5) is 1.44. The van der Waals surface area contributed by atoms with Gasteiger partial charge in [-0.25, -0.2) is 8.42 Å². The monoisotopic (exact) mass is 322 g/mol. The maximum Gasteiger partial charge on any atom is 0.501 e. The van der Waals surface area contributed by atoms with E-state index in [1.807, 2.05) is 7.05 Å². The van der Waals surface area contributed by atoms with Gasteiger partial charge in [-0.1, -0.05) is 6.07 Å². The van der Waals surface area contributed by atoms with Crippen molar-refractivity contribution in [2.45, 2.75) is 29.3 Å². The molecule has 0 spiro atoms. The minimum Gasteiger partial charge on any atom is -0.382 e. The molecule has 4 nitrogen and oxygen atoms in total. The normalized spacial score (nSPS) is 18.7. The van der Waals surface area contributed by atoms with Gasteiger partial charge in [0, 0.05) is 11.7 Å². The zero-order valence-corrected chi connectivity index (χ0v) is 12.3. The number of sulfone groups is 1. The number of halogens is 3. The summed E-state index contributed by atoms with van der Waals surface area (Å²) in [5.41, 5.74) is -4.88. The summed E-state index contributed by atoms with van der Waals surface area (Å²) in [6.45, 7) is 1.80. The summed E-state index contributed by atoms with van der Waals surface area (Å²) in [7, 11) is -3.29. The fraction of sp³-hybridized carbons (Fsp3) is 0.538. The van der Waals surface area contributed by atoms with Crippen LogP contribution in [-0.2, 0) is 9.84 Å². The van der Waals surface area contributed by atoms with Crippen LogP contribution in [0.2, 0.25) is 0 Å². The van der Waals surface area contributed by atoms with Crippen LogP contribution in [0.1, 0.15) is 12.8 Å². The van der Waals surface area contributed by atoms with Crippen molar-refractivity contribution >= 4 is 15.5 Å². The minimum atomic E-state index is -5.30. The van der Waals surface area contributed by atoms with Gasteiger partial charge in [0.25, 0.3) is 9.84 Å². The first-order valence-electron chi connectivity index (χ1n) is 6.56. The van der Waals surface area contributed by atoms with E-state index >= 15 is 0 Å². The lowest BCUT2D eigenvalue weighted by Gasteiger charge is -2.30. The van der Waals surface area contributed by atoms with Crippen LogP contribution in [0.3, 0.4) is 0 Å². The highest BCUT2D eigenvalue weighted by atomic mass is 32.2. The first-order chi connectivity index (χ1) is 9.70. The molecule has 0 aliphatic carbocycles. The van der Waals surface area contributed by atoms with E-state index in [1.165, 1.54) is 6.07 Å². The maximum absolute atomic E-state index is 12.5. The summed E-state index contributed by atoms with van der Waals surface area (Å²) in [6, 6.07) is 5.04. The Morgan fingerprint density at radius 3 is 2.43 bits per heavy atom. The van der Waals surface area contributed by atoms with Gasteiger partial charge in [0.1, 0.15) is 0 Å². The van der Waals surface area contributed by atoms with Gasteiger partial charge in [-0.15, -0.1) is 0 Å². The number of likely N-dealkylation sites (tertiary alicyclic amines) is 1. The number of hydrogen-bond acceptors (Lipinski definition) is 4. The zero-order valence-electron chi connectivity index (χ0n) is 11.5. The molecular formula is C13H17F3N2O2S. The van der Waals surface area contributed by atoms with Crippen LogP contribution in [-0.4, -0.2) is 45.0 Å². The molecule has 1 aliphatic heterocycles. The number of piperidine rings is 1. The molecule has 0 atom stereocenters. The molecule has 1 fully saturated rings. The highest BCUT2D eigenvalue weighted by Crippen LogP contribution is 2.31. The number of benzene rings is 1. The summed E-state index contributed by atoms with van der Waals surface area (Å²) in [5.74, 6) is 0. The topological polar surface area (TPSA) is 49.4 Å². The standard InChI is InChI=1S/C13H17F3N2O2S/c1-18-7-5-10(6-8-18)17-11-3-2-4-12(9-11)21(19,20)13(14,15)16/h2-4,9-10,17H,5-8H2,1H3. The van der Waals surface area contributed by atoms with Gasteiger partial charge in [-0.3, -0.25) is 0 Å². The first-order valence-corrected chi connectivity index (χ1v) is 8.05. The molecule has 21 heavy (non-hydrogen) atoms. The largest absolute Gasteiger partial charge is 0.501 e. The third kappa shape index (κ3) is 3.68. The van der Waals surface area contributed by atoms with Crippen LogP contribution in [0.5, 0.6) is 0 Å². The number of anilines is 1. The highest BCUT2D eigenvalue weighted by molar-refractivity contribution is 7.92. The number of rotatable bonds is 3. The molecule has 8 heteroatoms. The number of alkyl halides is 3. The smallest absolute Gasteiger partial charge is 0.382 e. The molecule has 2 rings (SSSR count). The molecule has 0 saturated carbocycles. The van der Waals surface area contributed by atoms with Crippen molar-refractivity contribution in [2.75, 3.05) is 25.5 Å². The number of hydrogen-bond donors (Lipinski definition) is 1. The second-order valence-electron chi connectivity index (χ2n) is 5.20. The number of nitrogens with one attached hydrogen (secondary N) is 1. The third-order valence-electron chi connectivity index (χ3n) is 3.54. The van der Waals surface area contributed by atoms with Crippen molar-refractivity contribution in [3.05, 3.63) is 24.3 Å². The summed E-state index contributed by atoms with van der Waals surface area (Å²) in [5, 5.41) is 3.11. The Kier molecular flexibility index (Phi) is 4.48. The van der Waals surface area contributed by atoms with Crippen molar-refractivity contribution in [3.8, 4) is 0 Å². The van der Waals surface area contributed by atoms with Crippen LogP contribution in [0.15, 0.2) is 29.2 Å². The van der Waals surface area contributed by atoms with Crippen LogP contribution in [0.25, 0.3) is 0 Å². The van der Waals surface area contributed by atoms with Crippen LogP contribution >= 0.6 is 0 Å². The van der Waals surface area contributed by atoms with Crippen molar-refractivity contribution < 1.29 is 21.6 Å². The zero-order chi connectivity index (χ0) is 15.7. The Balaban J connectivity index is 2.15. The van der Waals surface area contributed by atoms with Crippen molar-refractivity contribution in [1.82, 2.24) is 4.90 Å². The molecule has 1 aromatic rings. The van der Waals surface area contributed by atoms with E-state index in [0.29, 0.717) is 5.69 Å². The molecule has 1 aliphatic rings. The van der Waals surface area contributed by atoms with Crippen LogP contribution in [0.4, 0.5) is 18.9 Å². The second kappa shape index (κ2) is 5.84. The van der Waals surface area contributed by atoms with E-state index in [0.717, 1.165) is 38.1 Å². The van der Waals surface area contributed by atoms with Gasteiger partial charge in [0.05, 0.1) is 4.90 Å². The molecule has 1 N–H and O–H groups in total. The molecule has 1 aromatic carbocycles. The Hall–Kier alpha value is -1.28. The van der Waals surface area contributed by atoms with Crippen LogP contribution in [0, 0.1) is 0 Å². The van der Waals surface area contributed by atoms with Gasteiger partial charge in [-0.2, -0.15) is 13.2 Å². The molecule has 0 bridgehead atoms. The average Bonchev–Trinajstić information content (AvgIpc) is 2.40. The van der Waals surface area contributed by atoms with E-state index in [9.17, 15) is 21.6 Å². The number of nitrogens with zero attached hydrogens (tertiary/aromatic N) is 1. The molecular weight excluding hydrogens is 305 g/mol. The summed E-state index contributed by atoms with van der Waals surface area (Å²) in [6.07, 6.45) is 1.74. The average molecular weight is 322 g/mol. The highest BCUT2D eigenvalue weighted by Gasteiger charge is 2.46. The van der Waals surface area contributed by atoms with Crippen LogP contribution < -0.4 is 5.32 Å². The predicted octanol–water partition coefficient (Wildman–Crippen LogP) is 2.49. The van der Waals surface area contributed by atoms with Crippen molar-refractivity contribution in [2.24, 2.45) is 0 Å². The fourth-order valence-electron chi connectivity index (χ4n) is 2.28. The van der Waals surface area contributed by atoms with Crippen molar-refractivity contribution in [1.29, 1.82) is 0 Å².